The molecule has 0 unspecified atom stereocenters. The van der Waals surface area contributed by atoms with Gasteiger partial charge < -0.3 is 10.2 Å². The van der Waals surface area contributed by atoms with Gasteiger partial charge in [0.25, 0.3) is 0 Å². The highest BCUT2D eigenvalue weighted by molar-refractivity contribution is 5.92. The van der Waals surface area contributed by atoms with Crippen LogP contribution in [0.15, 0.2) is 60.7 Å². The number of benzene rings is 2. The third kappa shape index (κ3) is 3.27. The van der Waals surface area contributed by atoms with Crippen LogP contribution in [0.4, 0.5) is 17.5 Å². The predicted octanol–water partition coefficient (Wildman–Crippen LogP) is 5.26. The van der Waals surface area contributed by atoms with Gasteiger partial charge in [0, 0.05) is 24.2 Å². The Morgan fingerprint density at radius 3 is 2.58 bits per heavy atom. The molecule has 0 atom stereocenters. The van der Waals surface area contributed by atoms with Crippen molar-refractivity contribution in [3.8, 4) is 0 Å². The van der Waals surface area contributed by atoms with Crippen LogP contribution < -0.4 is 10.2 Å². The highest BCUT2D eigenvalue weighted by atomic mass is 15.3. The van der Waals surface area contributed by atoms with Gasteiger partial charge in [-0.15, -0.1) is 0 Å². The fraction of sp³-hybridized carbons (Fsp3) is 0.273. The first-order valence-corrected chi connectivity index (χ1v) is 9.25. The quantitative estimate of drug-likeness (QED) is 0.655. The van der Waals surface area contributed by atoms with Crippen molar-refractivity contribution in [1.82, 2.24) is 9.97 Å². The van der Waals surface area contributed by atoms with Gasteiger partial charge in [-0.1, -0.05) is 56.3 Å². The molecule has 0 spiro atoms. The van der Waals surface area contributed by atoms with Gasteiger partial charge in [0.1, 0.15) is 5.82 Å². The average molecular weight is 344 g/mol. The first kappa shape index (κ1) is 16.6. The lowest BCUT2D eigenvalue weighted by atomic mass is 10.0. The van der Waals surface area contributed by atoms with Crippen LogP contribution in [-0.4, -0.2) is 23.1 Å². The number of nitrogens with one attached hydrogen (secondary N) is 1. The summed E-state index contributed by atoms with van der Waals surface area (Å²) in [6, 6.07) is 16.6. The summed E-state index contributed by atoms with van der Waals surface area (Å²) in [7, 11) is 0. The molecule has 0 radical (unpaired) electrons. The first-order valence-electron chi connectivity index (χ1n) is 9.25. The number of anilines is 3. The zero-order chi connectivity index (χ0) is 17.9. The van der Waals surface area contributed by atoms with Gasteiger partial charge in [0.2, 0.25) is 5.95 Å². The Labute approximate surface area is 154 Å². The molecule has 4 heteroatoms. The fourth-order valence-electron chi connectivity index (χ4n) is 3.37. The standard InChI is InChI=1S/C22H24N4/c1-16(2)17-10-4-6-12-19(17)23-21-18-11-5-7-13-20(18)24-22(25-21)26-14-8-3-9-15-26/h3-8,10-13,16H,9,14-15H2,1-2H3,(H,23,24,25). The van der Waals surface area contributed by atoms with Gasteiger partial charge in [0.05, 0.1) is 5.52 Å². The van der Waals surface area contributed by atoms with Crippen molar-refractivity contribution in [3.05, 3.63) is 66.2 Å². The maximum Gasteiger partial charge on any atom is 0.228 e. The van der Waals surface area contributed by atoms with E-state index < -0.39 is 0 Å². The van der Waals surface area contributed by atoms with Gasteiger partial charge >= 0.3 is 0 Å². The summed E-state index contributed by atoms with van der Waals surface area (Å²) in [5.41, 5.74) is 3.37. The summed E-state index contributed by atoms with van der Waals surface area (Å²) in [5, 5.41) is 4.62. The second kappa shape index (κ2) is 7.16. The Hall–Kier alpha value is -2.88. The molecular formula is C22H24N4. The molecule has 2 heterocycles. The SMILES string of the molecule is CC(C)c1ccccc1Nc1nc(N2CC=CCC2)nc2ccccc12. The number of nitrogens with zero attached hydrogens (tertiary/aromatic N) is 3. The lowest BCUT2D eigenvalue weighted by molar-refractivity contribution is 0.791. The van der Waals surface area contributed by atoms with Crippen LogP contribution in [0.5, 0.6) is 0 Å². The van der Waals surface area contributed by atoms with Gasteiger partial charge in [-0.3, -0.25) is 0 Å². The molecule has 0 fully saturated rings. The lowest BCUT2D eigenvalue weighted by Crippen LogP contribution is -2.28. The average Bonchev–Trinajstić information content (AvgIpc) is 2.69. The van der Waals surface area contributed by atoms with E-state index in [-0.39, 0.29) is 0 Å². The molecule has 1 aliphatic rings. The molecule has 1 aliphatic heterocycles. The van der Waals surface area contributed by atoms with Crippen molar-refractivity contribution in [2.45, 2.75) is 26.2 Å². The summed E-state index contributed by atoms with van der Waals surface area (Å²) in [5.74, 6) is 2.10. The van der Waals surface area contributed by atoms with E-state index in [1.807, 2.05) is 12.1 Å². The van der Waals surface area contributed by atoms with E-state index in [0.717, 1.165) is 47.9 Å². The number of aromatic nitrogens is 2. The summed E-state index contributed by atoms with van der Waals surface area (Å²) in [6.45, 7) is 6.24. The zero-order valence-corrected chi connectivity index (χ0v) is 15.3. The maximum absolute atomic E-state index is 4.89. The molecule has 1 aromatic heterocycles. The molecule has 0 bridgehead atoms. The molecule has 0 saturated heterocycles. The second-order valence-electron chi connectivity index (χ2n) is 6.96. The third-order valence-electron chi connectivity index (χ3n) is 4.77. The topological polar surface area (TPSA) is 41.1 Å². The fourth-order valence-corrected chi connectivity index (χ4v) is 3.37. The Kier molecular flexibility index (Phi) is 4.57. The summed E-state index contributed by atoms with van der Waals surface area (Å²) in [6.07, 6.45) is 5.44. The van der Waals surface area contributed by atoms with E-state index in [2.05, 4.69) is 72.6 Å². The molecule has 26 heavy (non-hydrogen) atoms. The number of fused-ring (bicyclic) bond motifs is 1. The van der Waals surface area contributed by atoms with Crippen LogP contribution >= 0.6 is 0 Å². The molecule has 0 amide bonds. The Balaban J connectivity index is 1.79. The molecule has 4 rings (SSSR count). The Morgan fingerprint density at radius 1 is 0.962 bits per heavy atom. The minimum atomic E-state index is 0.443. The van der Waals surface area contributed by atoms with Crippen molar-refractivity contribution in [2.75, 3.05) is 23.3 Å². The van der Waals surface area contributed by atoms with Crippen LogP contribution in [0.3, 0.4) is 0 Å². The molecule has 3 aromatic rings. The number of hydrogen-bond acceptors (Lipinski definition) is 4. The minimum absolute atomic E-state index is 0.443. The number of hydrogen-bond donors (Lipinski definition) is 1. The van der Waals surface area contributed by atoms with E-state index in [1.54, 1.807) is 0 Å². The summed E-state index contributed by atoms with van der Waals surface area (Å²) >= 11 is 0. The maximum atomic E-state index is 4.89. The number of para-hydroxylation sites is 2. The summed E-state index contributed by atoms with van der Waals surface area (Å²) in [4.78, 5) is 11.9. The van der Waals surface area contributed by atoms with E-state index in [0.29, 0.717) is 5.92 Å². The molecular weight excluding hydrogens is 320 g/mol. The smallest absolute Gasteiger partial charge is 0.228 e. The Bertz CT molecular complexity index is 946. The Morgan fingerprint density at radius 2 is 1.77 bits per heavy atom. The predicted molar refractivity (Wildman–Crippen MR) is 109 cm³/mol. The second-order valence-corrected chi connectivity index (χ2v) is 6.96. The highest BCUT2D eigenvalue weighted by Crippen LogP contribution is 2.30. The van der Waals surface area contributed by atoms with Gasteiger partial charge in [0.15, 0.2) is 0 Å². The molecule has 2 aromatic carbocycles. The van der Waals surface area contributed by atoms with E-state index in [9.17, 15) is 0 Å². The van der Waals surface area contributed by atoms with Crippen molar-refractivity contribution in [2.24, 2.45) is 0 Å². The van der Waals surface area contributed by atoms with E-state index in [1.165, 1.54) is 5.56 Å². The summed E-state index contributed by atoms with van der Waals surface area (Å²) < 4.78 is 0. The van der Waals surface area contributed by atoms with E-state index >= 15 is 0 Å². The van der Waals surface area contributed by atoms with Crippen LogP contribution in [0.25, 0.3) is 10.9 Å². The minimum Gasteiger partial charge on any atom is -0.339 e. The van der Waals surface area contributed by atoms with Crippen molar-refractivity contribution in [3.63, 3.8) is 0 Å². The van der Waals surface area contributed by atoms with Crippen molar-refractivity contribution < 1.29 is 0 Å². The van der Waals surface area contributed by atoms with E-state index in [4.69, 9.17) is 9.97 Å². The van der Waals surface area contributed by atoms with Gasteiger partial charge in [-0.05, 0) is 36.1 Å². The normalized spacial score (nSPS) is 14.2. The third-order valence-corrected chi connectivity index (χ3v) is 4.77. The molecule has 0 saturated carbocycles. The molecule has 1 N–H and O–H groups in total. The lowest BCUT2D eigenvalue weighted by Gasteiger charge is -2.24. The van der Waals surface area contributed by atoms with Crippen LogP contribution in [0, 0.1) is 0 Å². The van der Waals surface area contributed by atoms with Crippen molar-refractivity contribution >= 4 is 28.4 Å². The zero-order valence-electron chi connectivity index (χ0n) is 15.3. The molecule has 132 valence electrons. The highest BCUT2D eigenvalue weighted by Gasteiger charge is 2.15. The van der Waals surface area contributed by atoms with Gasteiger partial charge in [-0.25, -0.2) is 4.98 Å². The van der Waals surface area contributed by atoms with Crippen molar-refractivity contribution in [1.29, 1.82) is 0 Å². The number of rotatable bonds is 4. The van der Waals surface area contributed by atoms with Gasteiger partial charge in [-0.2, -0.15) is 4.98 Å². The molecule has 4 nitrogen and oxygen atoms in total. The molecule has 0 aliphatic carbocycles. The largest absolute Gasteiger partial charge is 0.339 e. The van der Waals surface area contributed by atoms with Crippen LogP contribution in [0.1, 0.15) is 31.7 Å². The van der Waals surface area contributed by atoms with Crippen LogP contribution in [-0.2, 0) is 0 Å². The first-order chi connectivity index (χ1) is 12.7. The monoisotopic (exact) mass is 344 g/mol. The van der Waals surface area contributed by atoms with Crippen LogP contribution in [0.2, 0.25) is 0 Å².